The normalized spacial score (nSPS) is 11.9. The predicted molar refractivity (Wildman–Crippen MR) is 75.2 cm³/mol. The van der Waals surface area contributed by atoms with Crippen molar-refractivity contribution in [1.29, 1.82) is 0 Å². The highest BCUT2D eigenvalue weighted by Gasteiger charge is 2.15. The van der Waals surface area contributed by atoms with Crippen LogP contribution in [-0.2, 0) is 0 Å². The number of carbonyl (C=O) groups is 1. The highest BCUT2D eigenvalue weighted by Crippen LogP contribution is 2.18. The van der Waals surface area contributed by atoms with Gasteiger partial charge in [-0.25, -0.2) is 4.39 Å². The Balaban J connectivity index is 1.87. The van der Waals surface area contributed by atoms with Crippen molar-refractivity contribution in [2.24, 2.45) is 0 Å². The molecule has 1 heterocycles. The van der Waals surface area contributed by atoms with Gasteiger partial charge in [0.2, 0.25) is 5.76 Å². The van der Waals surface area contributed by atoms with Gasteiger partial charge in [0.15, 0.2) is 11.6 Å². The minimum atomic E-state index is -0.431. The van der Waals surface area contributed by atoms with Crippen LogP contribution in [0.1, 0.15) is 17.5 Å². The van der Waals surface area contributed by atoms with Crippen molar-refractivity contribution in [3.05, 3.63) is 52.6 Å². The molecule has 0 spiro atoms. The Morgan fingerprint density at radius 1 is 1.45 bits per heavy atom. The van der Waals surface area contributed by atoms with Crippen molar-refractivity contribution >= 4 is 21.8 Å². The monoisotopic (exact) mass is 341 g/mol. The molecule has 0 aliphatic heterocycles. The first-order valence-electron chi connectivity index (χ1n) is 6.00. The molecule has 0 aliphatic rings. The molecule has 2 aromatic rings. The average molecular weight is 342 g/mol. The standard InChI is InChI=1S/C14H13BrFNO3/c1-9(20-12-5-3-2-4-11(12)16)8-17-14(18)13-10(15)6-7-19-13/h2-7,9H,8H2,1H3,(H,17,18)/t9-/m1/s1. The number of ether oxygens (including phenoxy) is 1. The van der Waals surface area contributed by atoms with Crippen LogP contribution in [0.5, 0.6) is 5.75 Å². The Morgan fingerprint density at radius 3 is 2.85 bits per heavy atom. The van der Waals surface area contributed by atoms with Crippen LogP contribution < -0.4 is 10.1 Å². The summed E-state index contributed by atoms with van der Waals surface area (Å²) in [5.74, 6) is -0.429. The van der Waals surface area contributed by atoms with Gasteiger partial charge >= 0.3 is 0 Å². The molecule has 0 fully saturated rings. The lowest BCUT2D eigenvalue weighted by molar-refractivity contribution is 0.0902. The van der Waals surface area contributed by atoms with Crippen molar-refractivity contribution in [1.82, 2.24) is 5.32 Å². The summed E-state index contributed by atoms with van der Waals surface area (Å²) in [4.78, 5) is 11.8. The van der Waals surface area contributed by atoms with E-state index in [1.54, 1.807) is 25.1 Å². The van der Waals surface area contributed by atoms with Crippen molar-refractivity contribution in [3.8, 4) is 5.75 Å². The zero-order chi connectivity index (χ0) is 14.5. The van der Waals surface area contributed by atoms with Gasteiger partial charge in [0.25, 0.3) is 5.91 Å². The third kappa shape index (κ3) is 3.60. The Labute approximate surface area is 124 Å². The largest absolute Gasteiger partial charge is 0.486 e. The lowest BCUT2D eigenvalue weighted by Gasteiger charge is -2.15. The first-order valence-corrected chi connectivity index (χ1v) is 6.79. The molecule has 0 aliphatic carbocycles. The molecule has 1 N–H and O–H groups in total. The van der Waals surface area contributed by atoms with Crippen LogP contribution in [-0.4, -0.2) is 18.6 Å². The van der Waals surface area contributed by atoms with Gasteiger partial charge < -0.3 is 14.5 Å². The molecule has 2 rings (SSSR count). The van der Waals surface area contributed by atoms with E-state index < -0.39 is 5.82 Å². The lowest BCUT2D eigenvalue weighted by atomic mass is 10.3. The summed E-state index contributed by atoms with van der Waals surface area (Å²) >= 11 is 3.20. The molecule has 1 atom stereocenters. The summed E-state index contributed by atoms with van der Waals surface area (Å²) in [6, 6.07) is 7.76. The fourth-order valence-electron chi connectivity index (χ4n) is 1.57. The second kappa shape index (κ2) is 6.56. The van der Waals surface area contributed by atoms with Crippen molar-refractivity contribution in [2.75, 3.05) is 6.54 Å². The smallest absolute Gasteiger partial charge is 0.288 e. The molecule has 106 valence electrons. The van der Waals surface area contributed by atoms with E-state index in [4.69, 9.17) is 9.15 Å². The van der Waals surface area contributed by atoms with E-state index in [0.717, 1.165) is 0 Å². The molecule has 0 saturated carbocycles. The van der Waals surface area contributed by atoms with Gasteiger partial charge in [-0.2, -0.15) is 0 Å². The molecular weight excluding hydrogens is 329 g/mol. The number of rotatable bonds is 5. The first kappa shape index (κ1) is 14.6. The third-order valence-electron chi connectivity index (χ3n) is 2.54. The Kier molecular flexibility index (Phi) is 4.79. The minimum Gasteiger partial charge on any atom is -0.486 e. The summed E-state index contributed by atoms with van der Waals surface area (Å²) < 4.78 is 24.4. The number of benzene rings is 1. The van der Waals surface area contributed by atoms with Crippen LogP contribution in [0.25, 0.3) is 0 Å². The van der Waals surface area contributed by atoms with E-state index in [9.17, 15) is 9.18 Å². The fraction of sp³-hybridized carbons (Fsp3) is 0.214. The molecule has 20 heavy (non-hydrogen) atoms. The van der Waals surface area contributed by atoms with Crippen LogP contribution in [0, 0.1) is 5.82 Å². The van der Waals surface area contributed by atoms with Crippen molar-refractivity contribution in [3.63, 3.8) is 0 Å². The summed E-state index contributed by atoms with van der Waals surface area (Å²) in [5.41, 5.74) is 0. The number of nitrogens with one attached hydrogen (secondary N) is 1. The minimum absolute atomic E-state index is 0.161. The highest BCUT2D eigenvalue weighted by atomic mass is 79.9. The van der Waals surface area contributed by atoms with Gasteiger partial charge in [0.1, 0.15) is 6.10 Å². The molecule has 0 bridgehead atoms. The molecule has 6 heteroatoms. The molecule has 0 unspecified atom stereocenters. The Hall–Kier alpha value is -1.82. The number of furan rings is 1. The topological polar surface area (TPSA) is 51.5 Å². The van der Waals surface area contributed by atoms with Crippen molar-refractivity contribution < 1.29 is 18.3 Å². The number of halogens is 2. The van der Waals surface area contributed by atoms with Gasteiger partial charge in [-0.3, -0.25) is 4.79 Å². The molecular formula is C14H13BrFNO3. The average Bonchev–Trinajstić information content (AvgIpc) is 2.85. The maximum absolute atomic E-state index is 13.4. The first-order chi connectivity index (χ1) is 9.58. The van der Waals surface area contributed by atoms with Gasteiger partial charge in [0.05, 0.1) is 17.3 Å². The van der Waals surface area contributed by atoms with Gasteiger partial charge in [0, 0.05) is 0 Å². The van der Waals surface area contributed by atoms with E-state index in [-0.39, 0.29) is 30.1 Å². The molecule has 1 aromatic heterocycles. The maximum atomic E-state index is 13.4. The maximum Gasteiger partial charge on any atom is 0.288 e. The molecule has 1 aromatic carbocycles. The van der Waals surface area contributed by atoms with E-state index in [0.29, 0.717) is 4.47 Å². The summed E-state index contributed by atoms with van der Waals surface area (Å²) in [5, 5.41) is 2.66. The zero-order valence-electron chi connectivity index (χ0n) is 10.7. The number of para-hydroxylation sites is 1. The predicted octanol–water partition coefficient (Wildman–Crippen LogP) is 3.38. The Morgan fingerprint density at radius 2 is 2.20 bits per heavy atom. The number of amides is 1. The Bertz CT molecular complexity index is 600. The van der Waals surface area contributed by atoms with Crippen molar-refractivity contribution in [2.45, 2.75) is 13.0 Å². The van der Waals surface area contributed by atoms with E-state index in [1.807, 2.05) is 0 Å². The van der Waals surface area contributed by atoms with Crippen LogP contribution in [0.3, 0.4) is 0 Å². The second-order valence-corrected chi connectivity index (χ2v) is 5.02. The highest BCUT2D eigenvalue weighted by molar-refractivity contribution is 9.10. The number of hydrogen-bond acceptors (Lipinski definition) is 3. The van der Waals surface area contributed by atoms with Gasteiger partial charge in [-0.1, -0.05) is 12.1 Å². The van der Waals surface area contributed by atoms with Crippen LogP contribution in [0.4, 0.5) is 4.39 Å². The quantitative estimate of drug-likeness (QED) is 0.906. The summed E-state index contributed by atoms with van der Waals surface area (Å²) in [7, 11) is 0. The third-order valence-corrected chi connectivity index (χ3v) is 3.16. The zero-order valence-corrected chi connectivity index (χ0v) is 12.3. The number of carbonyl (C=O) groups excluding carboxylic acids is 1. The van der Waals surface area contributed by atoms with E-state index in [2.05, 4.69) is 21.2 Å². The molecule has 1 amide bonds. The molecule has 4 nitrogen and oxygen atoms in total. The van der Waals surface area contributed by atoms with Gasteiger partial charge in [-0.05, 0) is 41.1 Å². The summed E-state index contributed by atoms with van der Waals surface area (Å²) in [6.07, 6.45) is 1.04. The van der Waals surface area contributed by atoms with E-state index >= 15 is 0 Å². The van der Waals surface area contributed by atoms with Crippen LogP contribution in [0.2, 0.25) is 0 Å². The second-order valence-electron chi connectivity index (χ2n) is 4.17. The van der Waals surface area contributed by atoms with Gasteiger partial charge in [-0.15, -0.1) is 0 Å². The molecule has 0 saturated heterocycles. The SMILES string of the molecule is C[C@H](CNC(=O)c1occc1Br)Oc1ccccc1F. The lowest BCUT2D eigenvalue weighted by Crippen LogP contribution is -2.33. The summed E-state index contributed by atoms with van der Waals surface area (Å²) in [6.45, 7) is 1.98. The number of hydrogen-bond donors (Lipinski definition) is 1. The fourth-order valence-corrected chi connectivity index (χ4v) is 1.95. The van der Waals surface area contributed by atoms with Crippen LogP contribution in [0.15, 0.2) is 45.5 Å². The van der Waals surface area contributed by atoms with E-state index in [1.165, 1.54) is 18.4 Å². The molecule has 0 radical (unpaired) electrons. The van der Waals surface area contributed by atoms with Crippen LogP contribution >= 0.6 is 15.9 Å².